The largest absolute Gasteiger partial charge is 0.382 e. The first-order valence-electron chi connectivity index (χ1n) is 6.80. The summed E-state index contributed by atoms with van der Waals surface area (Å²) in [4.78, 5) is 19.0. The zero-order valence-corrected chi connectivity index (χ0v) is 12.2. The minimum absolute atomic E-state index is 0.0492. The maximum absolute atomic E-state index is 12.3. The Morgan fingerprint density at radius 3 is 2.37 bits per heavy atom. The molecule has 1 heterocycles. The number of amides is 1. The molecule has 0 radical (unpaired) electrons. The Hall–Kier alpha value is -1.30. The van der Waals surface area contributed by atoms with Gasteiger partial charge in [0.15, 0.2) is 5.13 Å². The summed E-state index contributed by atoms with van der Waals surface area (Å²) in [7, 11) is 3.80. The van der Waals surface area contributed by atoms with E-state index in [9.17, 15) is 4.79 Å². The van der Waals surface area contributed by atoms with Crippen molar-refractivity contribution in [1.82, 2.24) is 10.3 Å². The number of nitrogens with two attached hydrogens (primary N) is 1. The first-order valence-corrected chi connectivity index (χ1v) is 7.62. The Bertz CT molecular complexity index is 479. The third-order valence-corrected chi connectivity index (χ3v) is 5.03. The van der Waals surface area contributed by atoms with Crippen LogP contribution in [0, 0.1) is 11.8 Å². The van der Waals surface area contributed by atoms with Gasteiger partial charge in [0.2, 0.25) is 0 Å². The van der Waals surface area contributed by atoms with Crippen LogP contribution in [-0.4, -0.2) is 31.0 Å². The van der Waals surface area contributed by atoms with Crippen LogP contribution in [0.1, 0.15) is 35.4 Å². The smallest absolute Gasteiger partial charge is 0.265 e. The highest BCUT2D eigenvalue weighted by Crippen LogP contribution is 2.44. The average molecular weight is 280 g/mol. The van der Waals surface area contributed by atoms with Crippen LogP contribution >= 0.6 is 11.3 Å². The van der Waals surface area contributed by atoms with Gasteiger partial charge in [-0.25, -0.2) is 4.98 Å². The minimum atomic E-state index is -0.0492. The van der Waals surface area contributed by atoms with Crippen molar-refractivity contribution in [2.45, 2.75) is 31.7 Å². The molecule has 2 aliphatic carbocycles. The molecule has 1 amide bonds. The highest BCUT2D eigenvalue weighted by Gasteiger charge is 2.42. The molecule has 0 unspecified atom stereocenters. The Kier molecular flexibility index (Phi) is 3.12. The first kappa shape index (κ1) is 12.7. The van der Waals surface area contributed by atoms with Gasteiger partial charge in [-0.15, -0.1) is 0 Å². The Labute approximate surface area is 117 Å². The highest BCUT2D eigenvalue weighted by atomic mass is 32.1. The normalized spacial score (nSPS) is 18.7. The maximum atomic E-state index is 12.3. The predicted octanol–water partition coefficient (Wildman–Crippen LogP) is 1.71. The average Bonchev–Trinajstić information content (AvgIpc) is 3.23. The van der Waals surface area contributed by atoms with Crippen LogP contribution in [0.15, 0.2) is 0 Å². The summed E-state index contributed by atoms with van der Waals surface area (Å²) in [6, 6.07) is 0.358. The van der Waals surface area contributed by atoms with Crippen molar-refractivity contribution in [3.8, 4) is 0 Å². The van der Waals surface area contributed by atoms with E-state index in [-0.39, 0.29) is 5.91 Å². The van der Waals surface area contributed by atoms with E-state index >= 15 is 0 Å². The molecule has 0 bridgehead atoms. The molecule has 6 heteroatoms. The molecular formula is C13H20N4OS. The standard InChI is InChI=1S/C13H20N4OS/c1-17(2)13-16-11(14)10(19-13)12(18)15-9(7-3-4-7)8-5-6-8/h7-9H,3-6,14H2,1-2H3,(H,15,18). The lowest BCUT2D eigenvalue weighted by Gasteiger charge is -2.16. The molecule has 0 atom stereocenters. The summed E-state index contributed by atoms with van der Waals surface area (Å²) < 4.78 is 0. The maximum Gasteiger partial charge on any atom is 0.265 e. The van der Waals surface area contributed by atoms with Gasteiger partial charge in [0.1, 0.15) is 10.7 Å². The second-order valence-corrected chi connectivity index (χ2v) is 6.76. The third-order valence-electron chi connectivity index (χ3n) is 3.79. The topological polar surface area (TPSA) is 71.2 Å². The SMILES string of the molecule is CN(C)c1nc(N)c(C(=O)NC(C2CC2)C2CC2)s1. The van der Waals surface area contributed by atoms with Gasteiger partial charge in [-0.1, -0.05) is 11.3 Å². The van der Waals surface area contributed by atoms with Crippen molar-refractivity contribution in [2.24, 2.45) is 11.8 Å². The fourth-order valence-corrected chi connectivity index (χ4v) is 3.23. The van der Waals surface area contributed by atoms with E-state index in [1.807, 2.05) is 19.0 Å². The van der Waals surface area contributed by atoms with E-state index in [2.05, 4.69) is 10.3 Å². The van der Waals surface area contributed by atoms with Gasteiger partial charge in [-0.05, 0) is 37.5 Å². The molecule has 1 aromatic rings. The van der Waals surface area contributed by atoms with Crippen molar-refractivity contribution in [3.63, 3.8) is 0 Å². The zero-order valence-electron chi connectivity index (χ0n) is 11.3. The fraction of sp³-hybridized carbons (Fsp3) is 0.692. The number of nitrogens with one attached hydrogen (secondary N) is 1. The lowest BCUT2D eigenvalue weighted by molar-refractivity contribution is 0.0931. The lowest BCUT2D eigenvalue weighted by Crippen LogP contribution is -2.38. The van der Waals surface area contributed by atoms with Crippen LogP contribution < -0.4 is 16.0 Å². The number of nitrogens with zero attached hydrogens (tertiary/aromatic N) is 2. The summed E-state index contributed by atoms with van der Waals surface area (Å²) in [6.07, 6.45) is 5.01. The molecule has 3 N–H and O–H groups in total. The predicted molar refractivity (Wildman–Crippen MR) is 77.6 cm³/mol. The number of carbonyl (C=O) groups excluding carboxylic acids is 1. The van der Waals surface area contributed by atoms with Crippen molar-refractivity contribution in [2.75, 3.05) is 24.7 Å². The van der Waals surface area contributed by atoms with Crippen molar-refractivity contribution in [1.29, 1.82) is 0 Å². The van der Waals surface area contributed by atoms with Crippen molar-refractivity contribution in [3.05, 3.63) is 4.88 Å². The molecule has 0 saturated heterocycles. The van der Waals surface area contributed by atoms with Crippen LogP contribution in [0.4, 0.5) is 10.9 Å². The molecule has 104 valence electrons. The molecule has 2 fully saturated rings. The number of nitrogen functional groups attached to an aromatic ring is 1. The lowest BCUT2D eigenvalue weighted by atomic mass is 10.1. The summed E-state index contributed by atoms with van der Waals surface area (Å²) in [5.41, 5.74) is 5.85. The molecule has 0 aliphatic heterocycles. The molecule has 2 saturated carbocycles. The van der Waals surface area contributed by atoms with E-state index < -0.39 is 0 Å². The highest BCUT2D eigenvalue weighted by molar-refractivity contribution is 7.18. The minimum Gasteiger partial charge on any atom is -0.382 e. The van der Waals surface area contributed by atoms with E-state index in [1.165, 1.54) is 37.0 Å². The van der Waals surface area contributed by atoms with Gasteiger partial charge in [0.25, 0.3) is 5.91 Å². The van der Waals surface area contributed by atoms with Crippen LogP contribution in [0.25, 0.3) is 0 Å². The first-order chi connectivity index (χ1) is 9.06. The monoisotopic (exact) mass is 280 g/mol. The Morgan fingerprint density at radius 2 is 1.95 bits per heavy atom. The second-order valence-electron chi connectivity index (χ2n) is 5.78. The Balaban J connectivity index is 1.72. The van der Waals surface area contributed by atoms with Gasteiger partial charge in [-0.2, -0.15) is 0 Å². The van der Waals surface area contributed by atoms with Crippen molar-refractivity contribution >= 4 is 28.2 Å². The van der Waals surface area contributed by atoms with Gasteiger partial charge >= 0.3 is 0 Å². The zero-order chi connectivity index (χ0) is 13.6. The number of rotatable bonds is 5. The molecule has 3 rings (SSSR count). The van der Waals surface area contributed by atoms with E-state index in [4.69, 9.17) is 5.73 Å². The summed E-state index contributed by atoms with van der Waals surface area (Å²) >= 11 is 1.36. The number of thiazole rings is 1. The van der Waals surface area contributed by atoms with Crippen LogP contribution in [0.5, 0.6) is 0 Å². The van der Waals surface area contributed by atoms with Gasteiger partial charge in [-0.3, -0.25) is 4.79 Å². The summed E-state index contributed by atoms with van der Waals surface area (Å²) in [5.74, 6) is 1.68. The quantitative estimate of drug-likeness (QED) is 0.861. The molecule has 0 aromatic carbocycles. The second kappa shape index (κ2) is 4.67. The number of hydrogen-bond acceptors (Lipinski definition) is 5. The van der Waals surface area contributed by atoms with E-state index in [0.29, 0.717) is 28.6 Å². The molecule has 2 aliphatic rings. The molecular weight excluding hydrogens is 260 g/mol. The number of anilines is 2. The molecule has 0 spiro atoms. The van der Waals surface area contributed by atoms with Crippen LogP contribution in [0.3, 0.4) is 0 Å². The number of carbonyl (C=O) groups is 1. The van der Waals surface area contributed by atoms with Crippen LogP contribution in [0.2, 0.25) is 0 Å². The Morgan fingerprint density at radius 1 is 1.37 bits per heavy atom. The molecule has 5 nitrogen and oxygen atoms in total. The van der Waals surface area contributed by atoms with Crippen molar-refractivity contribution < 1.29 is 4.79 Å². The van der Waals surface area contributed by atoms with E-state index in [0.717, 1.165) is 5.13 Å². The number of aromatic nitrogens is 1. The van der Waals surface area contributed by atoms with E-state index in [1.54, 1.807) is 0 Å². The number of hydrogen-bond donors (Lipinski definition) is 2. The van der Waals surface area contributed by atoms with Gasteiger partial charge < -0.3 is 16.0 Å². The third kappa shape index (κ3) is 2.68. The summed E-state index contributed by atoms with van der Waals surface area (Å²) in [5, 5.41) is 3.96. The van der Waals surface area contributed by atoms with Crippen LogP contribution in [-0.2, 0) is 0 Å². The molecule has 19 heavy (non-hydrogen) atoms. The van der Waals surface area contributed by atoms with Gasteiger partial charge in [0, 0.05) is 20.1 Å². The fourth-order valence-electron chi connectivity index (χ4n) is 2.42. The summed E-state index contributed by atoms with van der Waals surface area (Å²) in [6.45, 7) is 0. The molecule has 1 aromatic heterocycles. The van der Waals surface area contributed by atoms with Gasteiger partial charge in [0.05, 0.1) is 0 Å².